The van der Waals surface area contributed by atoms with Crippen LogP contribution in [0.15, 0.2) is 0 Å². The highest BCUT2D eigenvalue weighted by atomic mass is 16.5. The van der Waals surface area contributed by atoms with E-state index in [9.17, 15) is 4.79 Å². The summed E-state index contributed by atoms with van der Waals surface area (Å²) in [5.74, 6) is 0.122. The third kappa shape index (κ3) is 3.43. The number of nitrogens with zero attached hydrogens (tertiary/aromatic N) is 1. The monoisotopic (exact) mass is 258 g/mol. The second-order valence-electron chi connectivity index (χ2n) is 5.27. The fourth-order valence-electron chi connectivity index (χ4n) is 2.41. The Bertz CT molecular complexity index is 263. The van der Waals surface area contributed by atoms with E-state index in [4.69, 9.17) is 15.6 Å². The first kappa shape index (κ1) is 15.4. The number of rotatable bonds is 6. The largest absolute Gasteiger partial charge is 0.396 e. The number of carbonyl (C=O) groups is 1. The molecule has 3 N–H and O–H groups in total. The summed E-state index contributed by atoms with van der Waals surface area (Å²) in [7, 11) is 0. The molecule has 106 valence electrons. The number of carbonyl (C=O) groups excluding carboxylic acids is 1. The van der Waals surface area contributed by atoms with Gasteiger partial charge >= 0.3 is 0 Å². The van der Waals surface area contributed by atoms with Crippen LogP contribution in [0.3, 0.4) is 0 Å². The van der Waals surface area contributed by atoms with Crippen molar-refractivity contribution in [2.24, 2.45) is 11.1 Å². The fourth-order valence-corrected chi connectivity index (χ4v) is 2.41. The maximum atomic E-state index is 12.7. The molecule has 1 amide bonds. The molecule has 1 heterocycles. The molecule has 5 heteroatoms. The molecule has 0 aromatic heterocycles. The Hall–Kier alpha value is -0.650. The lowest BCUT2D eigenvalue weighted by atomic mass is 9.78. The molecule has 5 nitrogen and oxygen atoms in total. The Kier molecular flexibility index (Phi) is 6.05. The normalized spacial score (nSPS) is 18.9. The van der Waals surface area contributed by atoms with Gasteiger partial charge in [0.05, 0.1) is 5.41 Å². The van der Waals surface area contributed by atoms with Crippen LogP contribution in [-0.4, -0.2) is 54.9 Å². The summed E-state index contributed by atoms with van der Waals surface area (Å²) in [5.41, 5.74) is 5.39. The van der Waals surface area contributed by atoms with Crippen LogP contribution in [-0.2, 0) is 9.53 Å². The summed E-state index contributed by atoms with van der Waals surface area (Å²) in [6.45, 7) is 6.28. The molecule has 0 saturated carbocycles. The molecule has 1 rings (SSSR count). The number of aliphatic hydroxyl groups excluding tert-OH is 1. The van der Waals surface area contributed by atoms with Crippen molar-refractivity contribution in [3.05, 3.63) is 0 Å². The van der Waals surface area contributed by atoms with Crippen molar-refractivity contribution in [1.82, 2.24) is 4.90 Å². The van der Waals surface area contributed by atoms with E-state index in [0.29, 0.717) is 45.6 Å². The van der Waals surface area contributed by atoms with Crippen molar-refractivity contribution < 1.29 is 14.6 Å². The van der Waals surface area contributed by atoms with Crippen molar-refractivity contribution in [3.63, 3.8) is 0 Å². The fraction of sp³-hybridized carbons (Fsp3) is 0.923. The average molecular weight is 258 g/mol. The van der Waals surface area contributed by atoms with E-state index in [1.165, 1.54) is 0 Å². The van der Waals surface area contributed by atoms with Gasteiger partial charge in [-0.05, 0) is 33.1 Å². The summed E-state index contributed by atoms with van der Waals surface area (Å²) in [5, 5.41) is 8.93. The minimum absolute atomic E-state index is 0.106. The van der Waals surface area contributed by atoms with Gasteiger partial charge in [-0.3, -0.25) is 4.79 Å². The van der Waals surface area contributed by atoms with Gasteiger partial charge < -0.3 is 20.5 Å². The molecular formula is C13H26N2O3. The van der Waals surface area contributed by atoms with E-state index in [1.54, 1.807) is 0 Å². The van der Waals surface area contributed by atoms with E-state index in [1.807, 2.05) is 18.7 Å². The van der Waals surface area contributed by atoms with E-state index >= 15 is 0 Å². The van der Waals surface area contributed by atoms with E-state index in [0.717, 1.165) is 0 Å². The lowest BCUT2D eigenvalue weighted by Gasteiger charge is -2.40. The molecule has 1 fully saturated rings. The first-order valence-electron chi connectivity index (χ1n) is 6.77. The van der Waals surface area contributed by atoms with Gasteiger partial charge in [-0.15, -0.1) is 0 Å². The molecule has 1 aliphatic rings. The SMILES string of the molecule is CC(C)N(CCCO)C(=O)C1(CN)CCOCC1. The molecule has 0 aliphatic carbocycles. The lowest BCUT2D eigenvalue weighted by Crippen LogP contribution is -2.53. The van der Waals surface area contributed by atoms with Crippen LogP contribution in [0.1, 0.15) is 33.1 Å². The molecule has 0 aromatic carbocycles. The summed E-state index contributed by atoms with van der Waals surface area (Å²) < 4.78 is 5.33. The molecular weight excluding hydrogens is 232 g/mol. The van der Waals surface area contributed by atoms with Gasteiger partial charge in [-0.25, -0.2) is 0 Å². The zero-order valence-corrected chi connectivity index (χ0v) is 11.5. The Morgan fingerprint density at radius 3 is 2.50 bits per heavy atom. The van der Waals surface area contributed by atoms with Gasteiger partial charge in [0.1, 0.15) is 0 Å². The molecule has 1 saturated heterocycles. The number of hydrogen-bond acceptors (Lipinski definition) is 4. The van der Waals surface area contributed by atoms with Crippen molar-refractivity contribution in [2.75, 3.05) is 32.9 Å². The molecule has 0 atom stereocenters. The molecule has 0 unspecified atom stereocenters. The van der Waals surface area contributed by atoms with Crippen molar-refractivity contribution in [2.45, 2.75) is 39.2 Å². The van der Waals surface area contributed by atoms with Gasteiger partial charge in [0, 0.05) is 39.0 Å². The van der Waals surface area contributed by atoms with E-state index in [2.05, 4.69) is 0 Å². The van der Waals surface area contributed by atoms with Gasteiger partial charge in [0.25, 0.3) is 0 Å². The Labute approximate surface area is 109 Å². The molecule has 0 radical (unpaired) electrons. The number of nitrogens with two attached hydrogens (primary N) is 1. The van der Waals surface area contributed by atoms with Crippen LogP contribution in [0.2, 0.25) is 0 Å². The van der Waals surface area contributed by atoms with Crippen LogP contribution in [0.5, 0.6) is 0 Å². The highest BCUT2D eigenvalue weighted by Gasteiger charge is 2.41. The Morgan fingerprint density at radius 2 is 2.06 bits per heavy atom. The molecule has 0 aromatic rings. The van der Waals surface area contributed by atoms with Crippen molar-refractivity contribution in [1.29, 1.82) is 0 Å². The van der Waals surface area contributed by atoms with Crippen LogP contribution in [0.4, 0.5) is 0 Å². The molecule has 18 heavy (non-hydrogen) atoms. The third-order valence-corrected chi connectivity index (χ3v) is 3.74. The number of aliphatic hydroxyl groups is 1. The van der Waals surface area contributed by atoms with Crippen LogP contribution in [0.25, 0.3) is 0 Å². The maximum Gasteiger partial charge on any atom is 0.230 e. The predicted octanol–water partition coefficient (Wildman–Crippen LogP) is 0.361. The summed E-state index contributed by atoms with van der Waals surface area (Å²) in [6.07, 6.45) is 2.01. The Morgan fingerprint density at radius 1 is 1.44 bits per heavy atom. The topological polar surface area (TPSA) is 75.8 Å². The highest BCUT2D eigenvalue weighted by Crippen LogP contribution is 2.32. The minimum Gasteiger partial charge on any atom is -0.396 e. The summed E-state index contributed by atoms with van der Waals surface area (Å²) in [4.78, 5) is 14.5. The zero-order chi connectivity index (χ0) is 13.6. The molecule has 0 bridgehead atoms. The van der Waals surface area contributed by atoms with Crippen LogP contribution < -0.4 is 5.73 Å². The van der Waals surface area contributed by atoms with Crippen molar-refractivity contribution in [3.8, 4) is 0 Å². The van der Waals surface area contributed by atoms with Gasteiger partial charge in [0.2, 0.25) is 5.91 Å². The van der Waals surface area contributed by atoms with E-state index in [-0.39, 0.29) is 18.6 Å². The van der Waals surface area contributed by atoms with Gasteiger partial charge in [-0.2, -0.15) is 0 Å². The smallest absolute Gasteiger partial charge is 0.230 e. The third-order valence-electron chi connectivity index (χ3n) is 3.74. The number of amides is 1. The van der Waals surface area contributed by atoms with Crippen LogP contribution in [0, 0.1) is 5.41 Å². The zero-order valence-electron chi connectivity index (χ0n) is 11.5. The summed E-state index contributed by atoms with van der Waals surface area (Å²) >= 11 is 0. The quantitative estimate of drug-likeness (QED) is 0.721. The highest BCUT2D eigenvalue weighted by molar-refractivity contribution is 5.83. The second kappa shape index (κ2) is 7.07. The molecule has 0 spiro atoms. The van der Waals surface area contributed by atoms with Gasteiger partial charge in [-0.1, -0.05) is 0 Å². The standard InChI is InChI=1S/C13H26N2O3/c1-11(2)15(6-3-7-16)12(17)13(10-14)4-8-18-9-5-13/h11,16H,3-10,14H2,1-2H3. The number of hydrogen-bond donors (Lipinski definition) is 2. The first-order chi connectivity index (χ1) is 8.57. The minimum atomic E-state index is -0.460. The Balaban J connectivity index is 2.78. The number of ether oxygens (including phenoxy) is 1. The first-order valence-corrected chi connectivity index (χ1v) is 6.77. The lowest BCUT2D eigenvalue weighted by molar-refractivity contribution is -0.149. The van der Waals surface area contributed by atoms with Crippen LogP contribution >= 0.6 is 0 Å². The maximum absolute atomic E-state index is 12.7. The molecule has 1 aliphatic heterocycles. The van der Waals surface area contributed by atoms with Gasteiger partial charge in [0.15, 0.2) is 0 Å². The summed E-state index contributed by atoms with van der Waals surface area (Å²) in [6, 6.07) is 0.135. The predicted molar refractivity (Wildman–Crippen MR) is 70.1 cm³/mol. The average Bonchev–Trinajstić information content (AvgIpc) is 2.39. The van der Waals surface area contributed by atoms with Crippen molar-refractivity contribution >= 4 is 5.91 Å². The second-order valence-corrected chi connectivity index (χ2v) is 5.27. The van der Waals surface area contributed by atoms with E-state index < -0.39 is 5.41 Å².